The molecule has 1 N–H and O–H groups in total. The molecule has 0 bridgehead atoms. The number of anilines is 2. The summed E-state index contributed by atoms with van der Waals surface area (Å²) in [4.78, 5) is 27.7. The minimum atomic E-state index is -0.108. The Morgan fingerprint density at radius 1 is 1.00 bits per heavy atom. The molecule has 148 valence electrons. The van der Waals surface area contributed by atoms with Crippen LogP contribution in [0.15, 0.2) is 48.5 Å². The van der Waals surface area contributed by atoms with Crippen molar-refractivity contribution in [1.29, 1.82) is 0 Å². The fourth-order valence-electron chi connectivity index (χ4n) is 3.21. The van der Waals surface area contributed by atoms with Crippen molar-refractivity contribution in [3.63, 3.8) is 0 Å². The summed E-state index contributed by atoms with van der Waals surface area (Å²) >= 11 is 0. The summed E-state index contributed by atoms with van der Waals surface area (Å²) in [6, 6.07) is 15.7. The molecular weight excluding hydrogens is 354 g/mol. The van der Waals surface area contributed by atoms with Gasteiger partial charge in [-0.05, 0) is 35.4 Å². The maximum Gasteiger partial charge on any atom is 0.227 e. The van der Waals surface area contributed by atoms with Crippen molar-refractivity contribution in [3.8, 4) is 0 Å². The molecule has 1 aliphatic rings. The molecule has 0 aromatic heterocycles. The maximum atomic E-state index is 12.5. The van der Waals surface area contributed by atoms with Crippen LogP contribution < -0.4 is 10.2 Å². The second-order valence-electron chi connectivity index (χ2n) is 7.07. The van der Waals surface area contributed by atoms with Crippen molar-refractivity contribution < 1.29 is 14.3 Å². The highest BCUT2D eigenvalue weighted by atomic mass is 16.5. The number of benzene rings is 2. The molecule has 28 heavy (non-hydrogen) atoms. The number of hydrogen-bond donors (Lipinski definition) is 1. The maximum absolute atomic E-state index is 12.5. The van der Waals surface area contributed by atoms with Gasteiger partial charge in [-0.15, -0.1) is 0 Å². The lowest BCUT2D eigenvalue weighted by molar-refractivity contribution is -0.129. The van der Waals surface area contributed by atoms with E-state index in [9.17, 15) is 9.59 Å². The van der Waals surface area contributed by atoms with Crippen LogP contribution in [0.25, 0.3) is 0 Å². The van der Waals surface area contributed by atoms with Crippen LogP contribution in [0.5, 0.6) is 0 Å². The predicted octanol–water partition coefficient (Wildman–Crippen LogP) is 2.68. The molecule has 0 aliphatic carbocycles. The van der Waals surface area contributed by atoms with Crippen molar-refractivity contribution in [3.05, 3.63) is 59.7 Å². The molecular formula is C22H27N3O3. The molecule has 1 heterocycles. The van der Waals surface area contributed by atoms with Gasteiger partial charge in [0.15, 0.2) is 0 Å². The van der Waals surface area contributed by atoms with Crippen LogP contribution in [0.4, 0.5) is 11.4 Å². The molecule has 2 aromatic rings. The summed E-state index contributed by atoms with van der Waals surface area (Å²) in [7, 11) is 1.82. The number of likely N-dealkylation sites (N-methyl/N-ethyl adjacent to an activating group) is 1. The molecule has 0 radical (unpaired) electrons. The Morgan fingerprint density at radius 3 is 2.21 bits per heavy atom. The van der Waals surface area contributed by atoms with Gasteiger partial charge in [0.25, 0.3) is 0 Å². The van der Waals surface area contributed by atoms with Gasteiger partial charge in [-0.1, -0.05) is 24.3 Å². The number of nitrogens with one attached hydrogen (secondary N) is 1. The molecule has 0 atom stereocenters. The third-order valence-electron chi connectivity index (χ3n) is 4.79. The number of carbonyl (C=O) groups excluding carboxylic acids is 2. The van der Waals surface area contributed by atoms with E-state index in [0.717, 1.165) is 43.1 Å². The van der Waals surface area contributed by atoms with Crippen molar-refractivity contribution in [2.75, 3.05) is 43.6 Å². The minimum absolute atomic E-state index is 0.0598. The number of amides is 2. The average molecular weight is 381 g/mol. The van der Waals surface area contributed by atoms with Crippen molar-refractivity contribution in [2.45, 2.75) is 19.9 Å². The van der Waals surface area contributed by atoms with Crippen LogP contribution in [-0.2, 0) is 27.3 Å². The highest BCUT2D eigenvalue weighted by molar-refractivity contribution is 5.88. The summed E-state index contributed by atoms with van der Waals surface area (Å²) in [5, 5.41) is 2.72. The van der Waals surface area contributed by atoms with E-state index >= 15 is 0 Å². The van der Waals surface area contributed by atoms with Crippen molar-refractivity contribution >= 4 is 23.2 Å². The van der Waals surface area contributed by atoms with Gasteiger partial charge in [-0.3, -0.25) is 9.59 Å². The van der Waals surface area contributed by atoms with Gasteiger partial charge >= 0.3 is 0 Å². The van der Waals surface area contributed by atoms with E-state index in [-0.39, 0.29) is 11.8 Å². The van der Waals surface area contributed by atoms with Gasteiger partial charge in [0.1, 0.15) is 0 Å². The quantitative estimate of drug-likeness (QED) is 0.836. The molecule has 3 rings (SSSR count). The standard InChI is InChI=1S/C22H27N3O3/c1-17(26)23-20-7-3-18(4-8-20)15-22(27)24(2)16-19-5-9-21(10-6-19)25-11-13-28-14-12-25/h3-10H,11-16H2,1-2H3,(H,23,26). The SMILES string of the molecule is CC(=O)Nc1ccc(CC(=O)N(C)Cc2ccc(N3CCOCC3)cc2)cc1. The second kappa shape index (κ2) is 9.37. The van der Waals surface area contributed by atoms with Crippen LogP contribution in [-0.4, -0.2) is 50.1 Å². The fourth-order valence-corrected chi connectivity index (χ4v) is 3.21. The number of morpholine rings is 1. The van der Waals surface area contributed by atoms with Gasteiger partial charge < -0.3 is 19.9 Å². The number of hydrogen-bond acceptors (Lipinski definition) is 4. The Bertz CT molecular complexity index is 797. The van der Waals surface area contributed by atoms with E-state index in [1.807, 2.05) is 31.3 Å². The highest BCUT2D eigenvalue weighted by Gasteiger charge is 2.13. The Balaban J connectivity index is 1.52. The second-order valence-corrected chi connectivity index (χ2v) is 7.07. The zero-order valence-electron chi connectivity index (χ0n) is 16.5. The number of ether oxygens (including phenoxy) is 1. The van der Waals surface area contributed by atoms with Crippen molar-refractivity contribution in [2.24, 2.45) is 0 Å². The summed E-state index contributed by atoms with van der Waals surface area (Å²) in [6.45, 7) is 5.42. The summed E-state index contributed by atoms with van der Waals surface area (Å²) < 4.78 is 5.39. The van der Waals surface area contributed by atoms with Crippen LogP contribution in [0.2, 0.25) is 0 Å². The van der Waals surface area contributed by atoms with Crippen LogP contribution in [0.3, 0.4) is 0 Å². The molecule has 0 saturated carbocycles. The first-order valence-electron chi connectivity index (χ1n) is 9.53. The van der Waals surface area contributed by atoms with Crippen LogP contribution in [0, 0.1) is 0 Å². The first kappa shape index (κ1) is 19.9. The number of carbonyl (C=O) groups is 2. The molecule has 1 saturated heterocycles. The smallest absolute Gasteiger partial charge is 0.227 e. The summed E-state index contributed by atoms with van der Waals surface area (Å²) in [5.41, 5.74) is 3.96. The monoisotopic (exact) mass is 381 g/mol. The van der Waals surface area contributed by atoms with Gasteiger partial charge in [0.05, 0.1) is 19.6 Å². The molecule has 0 unspecified atom stereocenters. The van der Waals surface area contributed by atoms with E-state index < -0.39 is 0 Å². The first-order valence-corrected chi connectivity index (χ1v) is 9.53. The van der Waals surface area contributed by atoms with E-state index in [1.54, 1.807) is 4.90 Å². The van der Waals surface area contributed by atoms with Gasteiger partial charge in [0, 0.05) is 45.0 Å². The zero-order chi connectivity index (χ0) is 19.9. The van der Waals surface area contributed by atoms with Crippen LogP contribution >= 0.6 is 0 Å². The topological polar surface area (TPSA) is 61.9 Å². The van der Waals surface area contributed by atoms with E-state index in [0.29, 0.717) is 13.0 Å². The lowest BCUT2D eigenvalue weighted by Gasteiger charge is -2.29. The Kier molecular flexibility index (Phi) is 6.66. The van der Waals surface area contributed by atoms with E-state index in [4.69, 9.17) is 4.74 Å². The summed E-state index contributed by atoms with van der Waals surface area (Å²) in [6.07, 6.45) is 0.336. The highest BCUT2D eigenvalue weighted by Crippen LogP contribution is 2.18. The lowest BCUT2D eigenvalue weighted by Crippen LogP contribution is -2.36. The molecule has 0 spiro atoms. The normalized spacial score (nSPS) is 13.9. The fraction of sp³-hybridized carbons (Fsp3) is 0.364. The molecule has 1 fully saturated rings. The third-order valence-corrected chi connectivity index (χ3v) is 4.79. The molecule has 6 heteroatoms. The molecule has 6 nitrogen and oxygen atoms in total. The average Bonchev–Trinajstić information content (AvgIpc) is 2.70. The number of rotatable bonds is 6. The minimum Gasteiger partial charge on any atom is -0.378 e. The first-order chi connectivity index (χ1) is 13.5. The molecule has 2 aromatic carbocycles. The Hall–Kier alpha value is -2.86. The van der Waals surface area contributed by atoms with Crippen molar-refractivity contribution in [1.82, 2.24) is 4.90 Å². The van der Waals surface area contributed by atoms with Gasteiger partial charge in [-0.2, -0.15) is 0 Å². The van der Waals surface area contributed by atoms with E-state index in [2.05, 4.69) is 34.5 Å². The largest absolute Gasteiger partial charge is 0.378 e. The summed E-state index contributed by atoms with van der Waals surface area (Å²) in [5.74, 6) is -0.0484. The predicted molar refractivity (Wildman–Crippen MR) is 110 cm³/mol. The zero-order valence-corrected chi connectivity index (χ0v) is 16.5. The Morgan fingerprint density at radius 2 is 1.61 bits per heavy atom. The van der Waals surface area contributed by atoms with E-state index in [1.165, 1.54) is 12.6 Å². The molecule has 1 aliphatic heterocycles. The van der Waals surface area contributed by atoms with Crippen LogP contribution in [0.1, 0.15) is 18.1 Å². The Labute approximate surface area is 166 Å². The lowest BCUT2D eigenvalue weighted by atomic mass is 10.1. The molecule has 2 amide bonds. The third kappa shape index (κ3) is 5.57. The van der Waals surface area contributed by atoms with Gasteiger partial charge in [0.2, 0.25) is 11.8 Å². The van der Waals surface area contributed by atoms with Gasteiger partial charge in [-0.25, -0.2) is 0 Å². The number of nitrogens with zero attached hydrogens (tertiary/aromatic N) is 2.